The molecule has 1 aliphatic rings. The Morgan fingerprint density at radius 2 is 2.03 bits per heavy atom. The quantitative estimate of drug-likeness (QED) is 0.614. The maximum Gasteiger partial charge on any atom is 0.311 e. The van der Waals surface area contributed by atoms with Crippen molar-refractivity contribution in [3.05, 3.63) is 53.5 Å². The Balaban J connectivity index is 1.43. The number of nitrogens with one attached hydrogen (secondary N) is 1. The van der Waals surface area contributed by atoms with Crippen molar-refractivity contribution in [3.8, 4) is 0 Å². The van der Waals surface area contributed by atoms with Crippen LogP contribution < -0.4 is 10.2 Å². The Labute approximate surface area is 177 Å². The molecule has 1 saturated heterocycles. The zero-order valence-electron chi connectivity index (χ0n) is 16.5. The first-order valence-electron chi connectivity index (χ1n) is 9.74. The van der Waals surface area contributed by atoms with Crippen molar-refractivity contribution in [1.82, 2.24) is 4.98 Å². The molecular weight excluding hydrogens is 402 g/mol. The second-order valence-corrected chi connectivity index (χ2v) is 7.88. The minimum Gasteiger partial charge on any atom is -0.466 e. The van der Waals surface area contributed by atoms with Gasteiger partial charge in [0.2, 0.25) is 11.8 Å². The smallest absolute Gasteiger partial charge is 0.311 e. The molecule has 3 aromatic rings. The lowest BCUT2D eigenvalue weighted by Crippen LogP contribution is -2.28. The summed E-state index contributed by atoms with van der Waals surface area (Å²) in [5.41, 5.74) is 1.37. The summed E-state index contributed by atoms with van der Waals surface area (Å²) in [6.07, 6.45) is 0.215. The molecule has 154 valence electrons. The van der Waals surface area contributed by atoms with Crippen LogP contribution in [0.5, 0.6) is 0 Å². The number of esters is 1. The first kappa shape index (κ1) is 20.0. The molecule has 2 heterocycles. The molecule has 7 nitrogen and oxygen atoms in total. The first-order valence-corrected chi connectivity index (χ1v) is 10.6. The Kier molecular flexibility index (Phi) is 5.76. The topological polar surface area (TPSA) is 88.6 Å². The van der Waals surface area contributed by atoms with Crippen LogP contribution in [0.3, 0.4) is 0 Å². The average molecular weight is 423 g/mol. The fourth-order valence-corrected chi connectivity index (χ4v) is 4.29. The monoisotopic (exact) mass is 423 g/mol. The van der Waals surface area contributed by atoms with Crippen LogP contribution in [0.2, 0.25) is 0 Å². The normalized spacial score (nSPS) is 16.1. The Morgan fingerprint density at radius 3 is 2.87 bits per heavy atom. The van der Waals surface area contributed by atoms with Crippen molar-refractivity contribution in [2.75, 3.05) is 23.4 Å². The molecule has 1 fully saturated rings. The highest BCUT2D eigenvalue weighted by Gasteiger charge is 2.36. The maximum atomic E-state index is 12.7. The van der Waals surface area contributed by atoms with E-state index in [2.05, 4.69) is 10.3 Å². The maximum absolute atomic E-state index is 12.7. The molecule has 0 unspecified atom stereocenters. The second-order valence-electron chi connectivity index (χ2n) is 7.02. The predicted octanol–water partition coefficient (Wildman–Crippen LogP) is 3.39. The summed E-state index contributed by atoms with van der Waals surface area (Å²) < 4.78 is 4.91. The fourth-order valence-electron chi connectivity index (χ4n) is 3.57. The number of hydrogen-bond acceptors (Lipinski definition) is 6. The van der Waals surface area contributed by atoms with Crippen molar-refractivity contribution < 1.29 is 19.1 Å². The number of ether oxygens (including phenoxy) is 1. The van der Waals surface area contributed by atoms with Crippen LogP contribution >= 0.6 is 11.3 Å². The lowest BCUT2D eigenvalue weighted by molar-refractivity contribution is -0.142. The largest absolute Gasteiger partial charge is 0.466 e. The number of hydrogen-bond donors (Lipinski definition) is 1. The molecule has 0 saturated carbocycles. The minimum absolute atomic E-state index is 0.0665. The molecule has 0 spiro atoms. The molecule has 1 aromatic heterocycles. The number of anilines is 2. The molecule has 2 amide bonds. The van der Waals surface area contributed by atoms with Gasteiger partial charge in [-0.2, -0.15) is 0 Å². The van der Waals surface area contributed by atoms with Crippen molar-refractivity contribution in [2.45, 2.75) is 19.8 Å². The van der Waals surface area contributed by atoms with E-state index < -0.39 is 5.92 Å². The number of thiazole rings is 1. The zero-order valence-corrected chi connectivity index (χ0v) is 17.3. The first-order chi connectivity index (χ1) is 14.5. The summed E-state index contributed by atoms with van der Waals surface area (Å²) in [6, 6.07) is 13.7. The van der Waals surface area contributed by atoms with E-state index in [1.807, 2.05) is 42.5 Å². The molecule has 2 aromatic carbocycles. The number of aromatic nitrogens is 1. The summed E-state index contributed by atoms with van der Waals surface area (Å²) in [4.78, 5) is 42.9. The van der Waals surface area contributed by atoms with E-state index in [0.29, 0.717) is 24.0 Å². The third-order valence-electron chi connectivity index (χ3n) is 4.97. The highest BCUT2D eigenvalue weighted by Crippen LogP contribution is 2.32. The van der Waals surface area contributed by atoms with Crippen molar-refractivity contribution in [2.24, 2.45) is 5.92 Å². The van der Waals surface area contributed by atoms with Gasteiger partial charge in [0.25, 0.3) is 0 Å². The molecule has 1 atom stereocenters. The third kappa shape index (κ3) is 4.18. The summed E-state index contributed by atoms with van der Waals surface area (Å²) in [5.74, 6) is -1.14. The van der Waals surface area contributed by atoms with E-state index >= 15 is 0 Å². The van der Waals surface area contributed by atoms with Gasteiger partial charge in [0.1, 0.15) is 0 Å². The van der Waals surface area contributed by atoms with Crippen LogP contribution in [-0.2, 0) is 25.5 Å². The molecule has 1 N–H and O–H groups in total. The van der Waals surface area contributed by atoms with E-state index in [9.17, 15) is 14.4 Å². The highest BCUT2D eigenvalue weighted by molar-refractivity contribution is 7.13. The number of carbonyl (C=O) groups excluding carboxylic acids is 3. The van der Waals surface area contributed by atoms with Crippen LogP contribution in [0.15, 0.2) is 47.8 Å². The zero-order chi connectivity index (χ0) is 21.1. The number of nitrogens with zero attached hydrogens (tertiary/aromatic N) is 2. The van der Waals surface area contributed by atoms with Crippen molar-refractivity contribution in [1.29, 1.82) is 0 Å². The van der Waals surface area contributed by atoms with Crippen molar-refractivity contribution in [3.63, 3.8) is 0 Å². The lowest BCUT2D eigenvalue weighted by atomic mass is 10.1. The summed E-state index contributed by atoms with van der Waals surface area (Å²) >= 11 is 1.25. The van der Waals surface area contributed by atoms with Crippen LogP contribution in [0.1, 0.15) is 19.0 Å². The van der Waals surface area contributed by atoms with Gasteiger partial charge in [0, 0.05) is 23.7 Å². The predicted molar refractivity (Wildman–Crippen MR) is 115 cm³/mol. The molecule has 0 aliphatic carbocycles. The fraction of sp³-hybridized carbons (Fsp3) is 0.273. The molecule has 1 aliphatic heterocycles. The Bertz CT molecular complexity index is 1110. The average Bonchev–Trinajstić information content (AvgIpc) is 3.34. The SMILES string of the molecule is CCOC(=O)Cc1csc(NC(=O)[C@H]2CC(=O)N(c3cccc4ccccc34)C2)n1. The van der Waals surface area contributed by atoms with Gasteiger partial charge in [0.05, 0.1) is 30.3 Å². The van der Waals surface area contributed by atoms with Crippen LogP contribution in [0, 0.1) is 5.92 Å². The van der Waals surface area contributed by atoms with Crippen LogP contribution in [-0.4, -0.2) is 35.9 Å². The van der Waals surface area contributed by atoms with E-state index in [4.69, 9.17) is 4.74 Å². The number of carbonyl (C=O) groups is 3. The van der Waals surface area contributed by atoms with Gasteiger partial charge in [0.15, 0.2) is 5.13 Å². The van der Waals surface area contributed by atoms with Gasteiger partial charge in [-0.25, -0.2) is 4.98 Å². The van der Waals surface area contributed by atoms with E-state index in [0.717, 1.165) is 16.5 Å². The van der Waals surface area contributed by atoms with E-state index in [-0.39, 0.29) is 30.6 Å². The third-order valence-corrected chi connectivity index (χ3v) is 5.77. The lowest BCUT2D eigenvalue weighted by Gasteiger charge is -2.18. The van der Waals surface area contributed by atoms with Crippen LogP contribution in [0.4, 0.5) is 10.8 Å². The van der Waals surface area contributed by atoms with E-state index in [1.165, 1.54) is 11.3 Å². The Morgan fingerprint density at radius 1 is 1.23 bits per heavy atom. The van der Waals surface area contributed by atoms with Crippen LogP contribution in [0.25, 0.3) is 10.8 Å². The van der Waals surface area contributed by atoms with Crippen molar-refractivity contribution >= 4 is 50.7 Å². The molecule has 0 bridgehead atoms. The number of fused-ring (bicyclic) bond motifs is 1. The van der Waals surface area contributed by atoms with E-state index in [1.54, 1.807) is 17.2 Å². The summed E-state index contributed by atoms with van der Waals surface area (Å²) in [7, 11) is 0. The molecular formula is C22H21N3O4S. The van der Waals surface area contributed by atoms with Gasteiger partial charge < -0.3 is 15.0 Å². The highest BCUT2D eigenvalue weighted by atomic mass is 32.1. The van der Waals surface area contributed by atoms with Gasteiger partial charge in [-0.3, -0.25) is 14.4 Å². The summed E-state index contributed by atoms with van der Waals surface area (Å²) in [5, 5.41) is 6.94. The van der Waals surface area contributed by atoms with Gasteiger partial charge in [-0.05, 0) is 18.4 Å². The number of amides is 2. The summed E-state index contributed by atoms with van der Waals surface area (Å²) in [6.45, 7) is 2.38. The second kappa shape index (κ2) is 8.62. The number of benzene rings is 2. The van der Waals surface area contributed by atoms with Gasteiger partial charge in [-0.1, -0.05) is 36.4 Å². The molecule has 0 radical (unpaired) electrons. The van der Waals surface area contributed by atoms with Gasteiger partial charge >= 0.3 is 5.97 Å². The molecule has 4 rings (SSSR count). The molecule has 8 heteroatoms. The minimum atomic E-state index is -0.464. The molecule has 30 heavy (non-hydrogen) atoms. The standard InChI is InChI=1S/C22H21N3O4S/c1-2-29-20(27)11-16-13-30-22(23-16)24-21(28)15-10-19(26)25(12-15)18-9-5-7-14-6-3-4-8-17(14)18/h3-9,13,15H,2,10-12H2,1H3,(H,23,24,28)/t15-/m0/s1. The Hall–Kier alpha value is -3.26. The number of rotatable bonds is 6. The van der Waals surface area contributed by atoms with Gasteiger partial charge in [-0.15, -0.1) is 11.3 Å².